The van der Waals surface area contributed by atoms with Gasteiger partial charge in [0.25, 0.3) is 0 Å². The molecular weight excluding hydrogens is 655 g/mol. The lowest BCUT2D eigenvalue weighted by Gasteiger charge is -2.25. The van der Waals surface area contributed by atoms with Gasteiger partial charge in [0.2, 0.25) is 0 Å². The second-order valence-electron chi connectivity index (χ2n) is 14.9. The SMILES string of the molecule is C=N/C(=C\C(=N)c1ccccc1)c1cccc(-n2c3ccccc3c3c4c(c5c(c32)Cc2ccccc2-5)C(C)(C)c2ccccc2-4)c1.Cc1ccccc1. The highest BCUT2D eigenvalue weighted by molar-refractivity contribution is 6.21. The number of hydrogen-bond acceptors (Lipinski definition) is 2. The van der Waals surface area contributed by atoms with Gasteiger partial charge in [-0.3, -0.25) is 4.99 Å². The van der Waals surface area contributed by atoms with Crippen LogP contribution in [-0.4, -0.2) is 17.0 Å². The van der Waals surface area contributed by atoms with Gasteiger partial charge in [0, 0.05) is 33.9 Å². The first-order valence-electron chi connectivity index (χ1n) is 18.6. The number of fused-ring (bicyclic) bond motifs is 12. The Morgan fingerprint density at radius 2 is 1.35 bits per heavy atom. The first-order chi connectivity index (χ1) is 26.4. The van der Waals surface area contributed by atoms with E-state index in [9.17, 15) is 0 Å². The Bertz CT molecular complexity index is 2800. The predicted octanol–water partition coefficient (Wildman–Crippen LogP) is 12.8. The van der Waals surface area contributed by atoms with Crippen LogP contribution in [-0.2, 0) is 11.8 Å². The molecule has 0 bridgehead atoms. The van der Waals surface area contributed by atoms with Crippen molar-refractivity contribution in [1.29, 1.82) is 5.41 Å². The summed E-state index contributed by atoms with van der Waals surface area (Å²) in [4.78, 5) is 4.41. The summed E-state index contributed by atoms with van der Waals surface area (Å²) in [5, 5.41) is 11.4. The summed E-state index contributed by atoms with van der Waals surface area (Å²) in [6.07, 6.45) is 2.71. The van der Waals surface area contributed by atoms with E-state index in [4.69, 9.17) is 5.41 Å². The highest BCUT2D eigenvalue weighted by Crippen LogP contribution is 2.59. The van der Waals surface area contributed by atoms with Crippen molar-refractivity contribution >= 4 is 39.9 Å². The molecule has 0 unspecified atom stereocenters. The average Bonchev–Trinajstić information content (AvgIpc) is 3.84. The van der Waals surface area contributed by atoms with Crippen LogP contribution in [0.3, 0.4) is 0 Å². The minimum Gasteiger partial charge on any atom is -0.309 e. The third-order valence-electron chi connectivity index (χ3n) is 11.2. The summed E-state index contributed by atoms with van der Waals surface area (Å²) in [6.45, 7) is 10.8. The maximum absolute atomic E-state index is 8.76. The van der Waals surface area contributed by atoms with Gasteiger partial charge in [-0.15, -0.1) is 0 Å². The van der Waals surface area contributed by atoms with Crippen molar-refractivity contribution in [2.24, 2.45) is 4.99 Å². The van der Waals surface area contributed by atoms with E-state index in [1.54, 1.807) is 0 Å². The summed E-state index contributed by atoms with van der Waals surface area (Å²) in [5.74, 6) is 0. The maximum atomic E-state index is 8.76. The van der Waals surface area contributed by atoms with Gasteiger partial charge in [-0.2, -0.15) is 0 Å². The molecule has 0 saturated heterocycles. The first kappa shape index (κ1) is 33.3. The van der Waals surface area contributed by atoms with Gasteiger partial charge in [0.1, 0.15) is 0 Å². The molecule has 0 atom stereocenters. The summed E-state index contributed by atoms with van der Waals surface area (Å²) >= 11 is 0. The molecule has 1 heterocycles. The van der Waals surface area contributed by atoms with Crippen LogP contribution >= 0.6 is 0 Å². The van der Waals surface area contributed by atoms with E-state index < -0.39 is 0 Å². The Kier molecular flexibility index (Phi) is 8.09. The van der Waals surface area contributed by atoms with Crippen molar-refractivity contribution in [2.45, 2.75) is 32.6 Å². The first-order valence-corrected chi connectivity index (χ1v) is 18.6. The molecule has 8 aromatic rings. The second kappa shape index (κ2) is 13.1. The third-order valence-corrected chi connectivity index (χ3v) is 11.2. The van der Waals surface area contributed by atoms with Gasteiger partial charge in [-0.25, -0.2) is 0 Å². The smallest absolute Gasteiger partial charge is 0.0716 e. The van der Waals surface area contributed by atoms with E-state index in [2.05, 4.69) is 146 Å². The summed E-state index contributed by atoms with van der Waals surface area (Å²) in [5.41, 5.74) is 18.6. The van der Waals surface area contributed by atoms with Crippen molar-refractivity contribution < 1.29 is 0 Å². The number of benzene rings is 7. The Morgan fingerprint density at radius 1 is 0.704 bits per heavy atom. The van der Waals surface area contributed by atoms with Gasteiger partial charge < -0.3 is 9.98 Å². The largest absolute Gasteiger partial charge is 0.309 e. The third kappa shape index (κ3) is 5.27. The van der Waals surface area contributed by atoms with Crippen molar-refractivity contribution in [3.8, 4) is 27.9 Å². The summed E-state index contributed by atoms with van der Waals surface area (Å²) in [6, 6.07) is 55.4. The van der Waals surface area contributed by atoms with E-state index in [1.165, 1.54) is 71.9 Å². The molecule has 2 aliphatic rings. The van der Waals surface area contributed by atoms with Crippen molar-refractivity contribution in [3.05, 3.63) is 203 Å². The van der Waals surface area contributed by atoms with Crippen LogP contribution in [0.15, 0.2) is 169 Å². The van der Waals surface area contributed by atoms with Crippen molar-refractivity contribution in [2.75, 3.05) is 0 Å². The standard InChI is InChI=1S/C44H33N3.C7H8/c1-44(2)35-22-11-9-20-32(35)40-41-33-21-10-12-23-38(33)47(43(41)34-25-28-16-7-8-19-31(28)39(34)42(40)44)30-18-13-17-29(24-30)37(46-3)26-36(45)27-14-5-4-6-15-27;1-7-5-3-2-4-6-7/h4-24,26,45H,3,25H2,1-2H3;2-6H,1H3/b37-26-,45-36?;. The molecule has 0 amide bonds. The normalized spacial score (nSPS) is 13.4. The number of para-hydroxylation sites is 1. The summed E-state index contributed by atoms with van der Waals surface area (Å²) in [7, 11) is 0. The summed E-state index contributed by atoms with van der Waals surface area (Å²) < 4.78 is 2.47. The van der Waals surface area contributed by atoms with Gasteiger partial charge in [-0.05, 0) is 88.0 Å². The van der Waals surface area contributed by atoms with Crippen LogP contribution in [0.5, 0.6) is 0 Å². The number of rotatable bonds is 5. The molecule has 0 radical (unpaired) electrons. The molecule has 1 aromatic heterocycles. The van der Waals surface area contributed by atoms with Crippen LogP contribution in [0.1, 0.15) is 52.8 Å². The molecule has 1 N–H and O–H groups in total. The highest BCUT2D eigenvalue weighted by atomic mass is 15.0. The van der Waals surface area contributed by atoms with Crippen LogP contribution in [0.2, 0.25) is 0 Å². The van der Waals surface area contributed by atoms with E-state index in [0.29, 0.717) is 11.4 Å². The van der Waals surface area contributed by atoms with Crippen LogP contribution in [0, 0.1) is 12.3 Å². The molecule has 0 fully saturated rings. The van der Waals surface area contributed by atoms with Gasteiger partial charge in [-0.1, -0.05) is 159 Å². The fraction of sp³-hybridized carbons (Fsp3) is 0.0980. The minimum atomic E-state index is -0.136. The zero-order chi connectivity index (χ0) is 37.0. The number of nitrogens with one attached hydrogen (secondary N) is 1. The molecule has 3 heteroatoms. The van der Waals surface area contributed by atoms with Gasteiger partial charge >= 0.3 is 0 Å². The van der Waals surface area contributed by atoms with E-state index in [1.807, 2.05) is 54.6 Å². The Balaban J connectivity index is 0.000000496. The number of aromatic nitrogens is 1. The lowest BCUT2D eigenvalue weighted by molar-refractivity contribution is 0.662. The van der Waals surface area contributed by atoms with Gasteiger partial charge in [0.15, 0.2) is 0 Å². The highest BCUT2D eigenvalue weighted by Gasteiger charge is 2.43. The molecular formula is C51H41N3. The number of hydrogen-bond donors (Lipinski definition) is 1. The van der Waals surface area contributed by atoms with Crippen LogP contribution in [0.25, 0.3) is 55.4 Å². The molecule has 54 heavy (non-hydrogen) atoms. The zero-order valence-electron chi connectivity index (χ0n) is 30.9. The van der Waals surface area contributed by atoms with Crippen molar-refractivity contribution in [1.82, 2.24) is 4.57 Å². The van der Waals surface area contributed by atoms with Crippen LogP contribution in [0.4, 0.5) is 0 Å². The van der Waals surface area contributed by atoms with E-state index >= 15 is 0 Å². The maximum Gasteiger partial charge on any atom is 0.0716 e. The van der Waals surface area contributed by atoms with E-state index in [-0.39, 0.29) is 5.41 Å². The van der Waals surface area contributed by atoms with Crippen LogP contribution < -0.4 is 0 Å². The molecule has 260 valence electrons. The molecule has 0 spiro atoms. The Morgan fingerprint density at radius 3 is 2.09 bits per heavy atom. The van der Waals surface area contributed by atoms with Crippen molar-refractivity contribution in [3.63, 3.8) is 0 Å². The molecule has 0 aliphatic heterocycles. The fourth-order valence-corrected chi connectivity index (χ4v) is 8.82. The number of allylic oxidation sites excluding steroid dienone is 1. The quantitative estimate of drug-likeness (QED) is 0.174. The van der Waals surface area contributed by atoms with E-state index in [0.717, 1.165) is 23.2 Å². The molecule has 7 aromatic carbocycles. The molecule has 2 aliphatic carbocycles. The Hall–Kier alpha value is -6.58. The monoisotopic (exact) mass is 695 g/mol. The van der Waals surface area contributed by atoms with Gasteiger partial charge in [0.05, 0.1) is 22.4 Å². The molecule has 3 nitrogen and oxygen atoms in total. The fourth-order valence-electron chi connectivity index (χ4n) is 8.82. The number of aliphatic imine (C=N–C) groups is 1. The lowest BCUT2D eigenvalue weighted by Crippen LogP contribution is -2.16. The molecule has 10 rings (SSSR count). The second-order valence-corrected chi connectivity index (χ2v) is 14.9. The lowest BCUT2D eigenvalue weighted by atomic mass is 9.78. The number of nitrogens with zero attached hydrogens (tertiary/aromatic N) is 2. The number of aryl methyl sites for hydroxylation is 1. The molecule has 0 saturated carbocycles. The Labute approximate surface area is 317 Å². The zero-order valence-corrected chi connectivity index (χ0v) is 30.9. The minimum absolute atomic E-state index is 0.136. The average molecular weight is 696 g/mol. The predicted molar refractivity (Wildman–Crippen MR) is 229 cm³/mol. The topological polar surface area (TPSA) is 41.1 Å².